The van der Waals surface area contributed by atoms with Gasteiger partial charge < -0.3 is 20.2 Å². The predicted molar refractivity (Wildman–Crippen MR) is 152 cm³/mol. The number of likely N-dealkylation sites (tertiary alicyclic amines) is 2. The topological polar surface area (TPSA) is 72.9 Å². The van der Waals surface area contributed by atoms with Gasteiger partial charge in [0.1, 0.15) is 5.75 Å². The first kappa shape index (κ1) is 26.4. The number of benzene rings is 3. The normalized spacial score (nSPS) is 18.0. The Kier molecular flexibility index (Phi) is 8.15. The molecule has 1 atom stereocenters. The molecule has 38 heavy (non-hydrogen) atoms. The van der Waals surface area contributed by atoms with Gasteiger partial charge in [-0.2, -0.15) is 0 Å². The number of aromatic hydroxyl groups is 1. The summed E-state index contributed by atoms with van der Waals surface area (Å²) in [6, 6.07) is 24.5. The van der Waals surface area contributed by atoms with E-state index in [1.165, 1.54) is 12.1 Å². The van der Waals surface area contributed by atoms with Gasteiger partial charge in [0, 0.05) is 29.7 Å². The number of carbonyl (C=O) groups excluding carboxylic acids is 2. The number of phenolic OH excluding ortho intramolecular Hbond substituents is 1. The molecule has 2 heterocycles. The largest absolute Gasteiger partial charge is 0.508 e. The number of carbonyl (C=O) groups is 2. The lowest BCUT2D eigenvalue weighted by Gasteiger charge is -2.38. The number of rotatable bonds is 8. The highest BCUT2D eigenvalue weighted by Crippen LogP contribution is 2.42. The average molecular weight is 577 g/mol. The number of piperidine rings is 1. The van der Waals surface area contributed by atoms with Crippen LogP contribution in [0.3, 0.4) is 0 Å². The minimum Gasteiger partial charge on any atom is -0.508 e. The minimum atomic E-state index is -0.224. The maximum absolute atomic E-state index is 13.4. The maximum atomic E-state index is 13.4. The van der Waals surface area contributed by atoms with Crippen LogP contribution in [0.1, 0.15) is 53.2 Å². The highest BCUT2D eigenvalue weighted by atomic mass is 79.9. The fraction of sp³-hybridized carbons (Fsp3) is 0.355. The fourth-order valence-electron chi connectivity index (χ4n) is 5.70. The van der Waals surface area contributed by atoms with Crippen molar-refractivity contribution in [2.75, 3.05) is 26.2 Å². The molecule has 3 aromatic rings. The Morgan fingerprint density at radius 1 is 0.921 bits per heavy atom. The van der Waals surface area contributed by atoms with Crippen molar-refractivity contribution in [1.82, 2.24) is 15.1 Å². The minimum absolute atomic E-state index is 0.122. The SMILES string of the molecule is O=C(NC(CCN1CCC2(CC1)CCN(Cc1ccc(Br)cc1)C2=O)c1ccccc1)c1ccc(O)cc1. The van der Waals surface area contributed by atoms with Crippen LogP contribution in [0.4, 0.5) is 0 Å². The molecular formula is C31H34BrN3O3. The molecule has 0 aliphatic carbocycles. The van der Waals surface area contributed by atoms with E-state index < -0.39 is 0 Å². The number of nitrogens with one attached hydrogen (secondary N) is 1. The summed E-state index contributed by atoms with van der Waals surface area (Å²) < 4.78 is 1.05. The molecule has 1 spiro atoms. The van der Waals surface area contributed by atoms with Crippen LogP contribution in [0.5, 0.6) is 5.75 Å². The van der Waals surface area contributed by atoms with Crippen molar-refractivity contribution in [1.29, 1.82) is 0 Å². The highest BCUT2D eigenvalue weighted by Gasteiger charge is 2.47. The van der Waals surface area contributed by atoms with E-state index in [4.69, 9.17) is 0 Å². The van der Waals surface area contributed by atoms with Gasteiger partial charge in [0.15, 0.2) is 0 Å². The molecule has 0 aromatic heterocycles. The maximum Gasteiger partial charge on any atom is 0.251 e. The molecule has 7 heteroatoms. The third-order valence-electron chi connectivity index (χ3n) is 8.07. The highest BCUT2D eigenvalue weighted by molar-refractivity contribution is 9.10. The molecule has 2 N–H and O–H groups in total. The van der Waals surface area contributed by atoms with Crippen LogP contribution in [0, 0.1) is 5.41 Å². The molecule has 0 radical (unpaired) electrons. The van der Waals surface area contributed by atoms with Gasteiger partial charge in [-0.15, -0.1) is 0 Å². The van der Waals surface area contributed by atoms with Crippen LogP contribution in [-0.4, -0.2) is 52.9 Å². The number of nitrogens with zero attached hydrogens (tertiary/aromatic N) is 2. The lowest BCUT2D eigenvalue weighted by atomic mass is 9.77. The number of phenols is 1. The molecule has 0 bridgehead atoms. The monoisotopic (exact) mass is 575 g/mol. The molecular weight excluding hydrogens is 542 g/mol. The summed E-state index contributed by atoms with van der Waals surface area (Å²) in [4.78, 5) is 30.8. The summed E-state index contributed by atoms with van der Waals surface area (Å²) in [5.74, 6) is 0.295. The molecule has 6 nitrogen and oxygen atoms in total. The van der Waals surface area contributed by atoms with Crippen molar-refractivity contribution in [2.24, 2.45) is 5.41 Å². The van der Waals surface area contributed by atoms with Gasteiger partial charge in [0.2, 0.25) is 5.91 Å². The Balaban J connectivity index is 1.16. The smallest absolute Gasteiger partial charge is 0.251 e. The van der Waals surface area contributed by atoms with E-state index in [1.807, 2.05) is 47.4 Å². The van der Waals surface area contributed by atoms with Gasteiger partial charge in [0.25, 0.3) is 5.91 Å². The van der Waals surface area contributed by atoms with E-state index in [0.717, 1.165) is 67.5 Å². The Hall–Kier alpha value is -3.16. The molecule has 3 aromatic carbocycles. The van der Waals surface area contributed by atoms with Crippen LogP contribution in [0.15, 0.2) is 83.3 Å². The van der Waals surface area contributed by atoms with Crippen LogP contribution >= 0.6 is 15.9 Å². The zero-order chi connectivity index (χ0) is 26.5. The molecule has 2 aliphatic rings. The van der Waals surface area contributed by atoms with E-state index in [1.54, 1.807) is 12.1 Å². The fourth-order valence-corrected chi connectivity index (χ4v) is 5.96. The predicted octanol–water partition coefficient (Wildman–Crippen LogP) is 5.53. The van der Waals surface area contributed by atoms with Crippen molar-refractivity contribution < 1.29 is 14.7 Å². The van der Waals surface area contributed by atoms with Crippen molar-refractivity contribution >= 4 is 27.7 Å². The third kappa shape index (κ3) is 6.11. The van der Waals surface area contributed by atoms with Gasteiger partial charge in [-0.05, 0) is 86.3 Å². The quantitative estimate of drug-likeness (QED) is 0.370. The molecule has 2 aliphatic heterocycles. The lowest BCUT2D eigenvalue weighted by Crippen LogP contribution is -2.45. The summed E-state index contributed by atoms with van der Waals surface area (Å²) >= 11 is 3.48. The summed E-state index contributed by atoms with van der Waals surface area (Å²) in [6.07, 6.45) is 3.49. The summed E-state index contributed by atoms with van der Waals surface area (Å²) in [5, 5.41) is 12.7. The molecule has 198 valence electrons. The number of hydrogen-bond donors (Lipinski definition) is 2. The van der Waals surface area contributed by atoms with Crippen molar-refractivity contribution in [3.63, 3.8) is 0 Å². The van der Waals surface area contributed by atoms with Crippen molar-refractivity contribution in [3.8, 4) is 5.75 Å². The van der Waals surface area contributed by atoms with Gasteiger partial charge >= 0.3 is 0 Å². The molecule has 0 saturated carbocycles. The van der Waals surface area contributed by atoms with Crippen molar-refractivity contribution in [3.05, 3.63) is 100 Å². The summed E-state index contributed by atoms with van der Waals surface area (Å²) in [6.45, 7) is 4.14. The Morgan fingerprint density at radius 3 is 2.26 bits per heavy atom. The third-order valence-corrected chi connectivity index (χ3v) is 8.60. The lowest BCUT2D eigenvalue weighted by molar-refractivity contribution is -0.138. The Morgan fingerprint density at radius 2 is 1.58 bits per heavy atom. The van der Waals surface area contributed by atoms with E-state index >= 15 is 0 Å². The van der Waals surface area contributed by atoms with Crippen molar-refractivity contribution in [2.45, 2.75) is 38.3 Å². The Bertz CT molecular complexity index is 1240. The van der Waals surface area contributed by atoms with E-state index in [0.29, 0.717) is 18.0 Å². The van der Waals surface area contributed by atoms with Gasteiger partial charge in [-0.3, -0.25) is 9.59 Å². The molecule has 5 rings (SSSR count). The number of amides is 2. The first-order chi connectivity index (χ1) is 18.4. The van der Waals surface area contributed by atoms with E-state index in [9.17, 15) is 14.7 Å². The summed E-state index contributed by atoms with van der Waals surface area (Å²) in [5.41, 5.74) is 2.54. The molecule has 1 unspecified atom stereocenters. The number of halogens is 1. The van der Waals surface area contributed by atoms with Crippen LogP contribution < -0.4 is 5.32 Å². The Labute approximate surface area is 232 Å². The van der Waals surface area contributed by atoms with Crippen LogP contribution in [0.2, 0.25) is 0 Å². The summed E-state index contributed by atoms with van der Waals surface area (Å²) in [7, 11) is 0. The second-order valence-corrected chi connectivity index (χ2v) is 11.4. The van der Waals surface area contributed by atoms with E-state index in [2.05, 4.69) is 38.3 Å². The van der Waals surface area contributed by atoms with Gasteiger partial charge in [-0.25, -0.2) is 0 Å². The van der Waals surface area contributed by atoms with Gasteiger partial charge in [0.05, 0.1) is 11.5 Å². The molecule has 2 fully saturated rings. The first-order valence-electron chi connectivity index (χ1n) is 13.3. The second-order valence-electron chi connectivity index (χ2n) is 10.5. The van der Waals surface area contributed by atoms with Gasteiger partial charge in [-0.1, -0.05) is 58.4 Å². The molecule has 2 saturated heterocycles. The number of hydrogen-bond acceptors (Lipinski definition) is 4. The van der Waals surface area contributed by atoms with Crippen LogP contribution in [-0.2, 0) is 11.3 Å². The second kappa shape index (κ2) is 11.7. The first-order valence-corrected chi connectivity index (χ1v) is 14.1. The molecule has 2 amide bonds. The standard InChI is InChI=1S/C31H34BrN3O3/c32-26-10-6-23(7-11-26)22-35-21-17-31(30(35)38)15-19-34(20-16-31)18-14-28(24-4-2-1-3-5-24)33-29(37)25-8-12-27(36)13-9-25/h1-13,28,36H,14-22H2,(H,33,37). The van der Waals surface area contributed by atoms with E-state index in [-0.39, 0.29) is 23.1 Å². The zero-order valence-electron chi connectivity index (χ0n) is 21.5. The van der Waals surface area contributed by atoms with Crippen LogP contribution in [0.25, 0.3) is 0 Å². The zero-order valence-corrected chi connectivity index (χ0v) is 23.1. The average Bonchev–Trinajstić information content (AvgIpc) is 3.23.